The third-order valence-electron chi connectivity index (χ3n) is 5.83. The first kappa shape index (κ1) is 21.2. The van der Waals surface area contributed by atoms with E-state index >= 15 is 0 Å². The molecular formula is C25H25NO4S. The fourth-order valence-electron chi connectivity index (χ4n) is 4.37. The Morgan fingerprint density at radius 1 is 0.742 bits per heavy atom. The summed E-state index contributed by atoms with van der Waals surface area (Å²) in [7, 11) is -3.52. The van der Waals surface area contributed by atoms with Gasteiger partial charge in [-0.1, -0.05) is 58.0 Å². The molecule has 2 amide bonds. The Morgan fingerprint density at radius 3 is 1.77 bits per heavy atom. The van der Waals surface area contributed by atoms with Gasteiger partial charge in [0.25, 0.3) is 11.8 Å². The molecule has 4 rings (SSSR count). The average Bonchev–Trinajstić information content (AvgIpc) is 2.70. The maximum atomic E-state index is 13.7. The fraction of sp³-hybridized carbons (Fsp3) is 0.280. The molecule has 160 valence electrons. The molecule has 0 unspecified atom stereocenters. The van der Waals surface area contributed by atoms with Crippen molar-refractivity contribution in [3.63, 3.8) is 0 Å². The topological polar surface area (TPSA) is 71.5 Å². The smallest absolute Gasteiger partial charge is 0.266 e. The van der Waals surface area contributed by atoms with Crippen LogP contribution in [0.25, 0.3) is 10.8 Å². The zero-order chi connectivity index (χ0) is 22.7. The third kappa shape index (κ3) is 3.26. The lowest BCUT2D eigenvalue weighted by atomic mass is 9.88. The predicted molar refractivity (Wildman–Crippen MR) is 123 cm³/mol. The van der Waals surface area contributed by atoms with Crippen LogP contribution in [0.3, 0.4) is 0 Å². The Morgan fingerprint density at radius 2 is 1.26 bits per heavy atom. The molecule has 0 atom stereocenters. The van der Waals surface area contributed by atoms with Crippen molar-refractivity contribution in [2.24, 2.45) is 0 Å². The normalized spacial score (nSPS) is 14.2. The van der Waals surface area contributed by atoms with Crippen molar-refractivity contribution >= 4 is 38.1 Å². The Kier molecular flexibility index (Phi) is 5.01. The van der Waals surface area contributed by atoms with Gasteiger partial charge in [-0.15, -0.1) is 0 Å². The van der Waals surface area contributed by atoms with E-state index in [0.717, 1.165) is 17.4 Å². The number of nitrogens with zero attached hydrogens (tertiary/aromatic N) is 1. The molecule has 6 heteroatoms. The van der Waals surface area contributed by atoms with Gasteiger partial charge in [0, 0.05) is 28.2 Å². The van der Waals surface area contributed by atoms with Crippen molar-refractivity contribution in [3.8, 4) is 0 Å². The number of sulfone groups is 1. The molecule has 0 bridgehead atoms. The van der Waals surface area contributed by atoms with Crippen molar-refractivity contribution < 1.29 is 18.0 Å². The van der Waals surface area contributed by atoms with Crippen LogP contribution in [0.1, 0.15) is 71.4 Å². The Labute approximate surface area is 182 Å². The number of carbonyl (C=O) groups excluding carboxylic acids is 2. The number of para-hydroxylation sites is 1. The molecule has 1 aliphatic rings. The van der Waals surface area contributed by atoms with Crippen LogP contribution in [-0.2, 0) is 9.84 Å². The van der Waals surface area contributed by atoms with Gasteiger partial charge >= 0.3 is 0 Å². The molecule has 1 aliphatic heterocycles. The summed E-state index contributed by atoms with van der Waals surface area (Å²) in [5, 5.41) is 0.810. The Hall–Kier alpha value is -2.99. The first-order valence-corrected chi connectivity index (χ1v) is 12.2. The molecule has 0 fully saturated rings. The van der Waals surface area contributed by atoms with Crippen molar-refractivity contribution in [2.45, 2.75) is 44.4 Å². The lowest BCUT2D eigenvalue weighted by molar-refractivity contribution is 0.0892. The van der Waals surface area contributed by atoms with E-state index in [4.69, 9.17) is 0 Å². The van der Waals surface area contributed by atoms with E-state index in [1.807, 2.05) is 45.9 Å². The van der Waals surface area contributed by atoms with Gasteiger partial charge in [-0.3, -0.25) is 9.59 Å². The summed E-state index contributed by atoms with van der Waals surface area (Å²) in [6.45, 7) is 8.15. The van der Waals surface area contributed by atoms with Crippen LogP contribution in [0, 0.1) is 0 Å². The van der Waals surface area contributed by atoms with E-state index in [-0.39, 0.29) is 16.7 Å². The number of benzene rings is 3. The zero-order valence-corrected chi connectivity index (χ0v) is 19.1. The molecule has 0 N–H and O–H groups in total. The van der Waals surface area contributed by atoms with Crippen LogP contribution in [0.4, 0.5) is 5.69 Å². The highest BCUT2D eigenvalue weighted by atomic mass is 32.2. The molecular weight excluding hydrogens is 410 g/mol. The van der Waals surface area contributed by atoms with Gasteiger partial charge in [-0.2, -0.15) is 0 Å². The van der Waals surface area contributed by atoms with E-state index < -0.39 is 21.7 Å². The van der Waals surface area contributed by atoms with E-state index in [2.05, 4.69) is 0 Å². The molecule has 0 aromatic heterocycles. The minimum atomic E-state index is -3.52. The minimum absolute atomic E-state index is 0.110. The van der Waals surface area contributed by atoms with Gasteiger partial charge in [-0.25, -0.2) is 13.3 Å². The summed E-state index contributed by atoms with van der Waals surface area (Å²) in [6.07, 6.45) is 1.13. The molecule has 0 saturated heterocycles. The maximum absolute atomic E-state index is 13.7. The number of rotatable bonds is 4. The van der Waals surface area contributed by atoms with Gasteiger partial charge in [0.05, 0.1) is 10.6 Å². The van der Waals surface area contributed by atoms with Crippen LogP contribution in [-0.4, -0.2) is 26.5 Å². The molecule has 0 spiro atoms. The summed E-state index contributed by atoms with van der Waals surface area (Å²) in [5.74, 6) is -0.634. The van der Waals surface area contributed by atoms with Gasteiger partial charge in [-0.05, 0) is 41.2 Å². The number of carbonyl (C=O) groups is 2. The third-order valence-corrected chi connectivity index (χ3v) is 6.99. The fourth-order valence-corrected chi connectivity index (χ4v) is 5.25. The van der Waals surface area contributed by atoms with Crippen LogP contribution in [0.5, 0.6) is 0 Å². The quantitative estimate of drug-likeness (QED) is 0.522. The van der Waals surface area contributed by atoms with E-state index in [9.17, 15) is 18.0 Å². The standard InChI is InChI=1S/C25H25NO4S/c1-14(2)16-8-6-9-17(15(3)4)23(16)26-24(27)19-11-7-10-18-21(31(5,29)30)13-12-20(22(18)19)25(26)28/h6-15H,1-5H3. The number of imide groups is 1. The summed E-state index contributed by atoms with van der Waals surface area (Å²) in [4.78, 5) is 28.8. The first-order chi connectivity index (χ1) is 14.5. The Bertz CT molecular complexity index is 1300. The van der Waals surface area contributed by atoms with Gasteiger partial charge in [0.15, 0.2) is 9.84 Å². The van der Waals surface area contributed by atoms with Gasteiger partial charge < -0.3 is 0 Å². The van der Waals surface area contributed by atoms with Crippen LogP contribution in [0.15, 0.2) is 53.4 Å². The maximum Gasteiger partial charge on any atom is 0.266 e. The molecule has 5 nitrogen and oxygen atoms in total. The molecule has 3 aromatic rings. The second-order valence-electron chi connectivity index (χ2n) is 8.65. The Balaban J connectivity index is 2.05. The van der Waals surface area contributed by atoms with Gasteiger partial charge in [0.2, 0.25) is 0 Å². The van der Waals surface area contributed by atoms with Gasteiger partial charge in [0.1, 0.15) is 0 Å². The molecule has 3 aromatic carbocycles. The second-order valence-corrected chi connectivity index (χ2v) is 10.6. The molecule has 0 radical (unpaired) electrons. The molecule has 31 heavy (non-hydrogen) atoms. The SMILES string of the molecule is CC(C)c1cccc(C(C)C)c1N1C(=O)c2cccc3c(S(C)(=O)=O)ccc(c23)C1=O. The first-order valence-electron chi connectivity index (χ1n) is 10.3. The number of hydrogen-bond donors (Lipinski definition) is 0. The van der Waals surface area contributed by atoms with Crippen molar-refractivity contribution in [2.75, 3.05) is 11.2 Å². The second kappa shape index (κ2) is 7.31. The largest absolute Gasteiger partial charge is 0.268 e. The van der Waals surface area contributed by atoms with Crippen molar-refractivity contribution in [3.05, 3.63) is 70.8 Å². The van der Waals surface area contributed by atoms with Crippen LogP contribution >= 0.6 is 0 Å². The number of anilines is 1. The lowest BCUT2D eigenvalue weighted by Gasteiger charge is -2.32. The summed E-state index contributed by atoms with van der Waals surface area (Å²) < 4.78 is 24.6. The molecule has 1 heterocycles. The van der Waals surface area contributed by atoms with E-state index in [0.29, 0.717) is 27.6 Å². The van der Waals surface area contributed by atoms with Crippen molar-refractivity contribution in [1.29, 1.82) is 0 Å². The van der Waals surface area contributed by atoms with Crippen LogP contribution < -0.4 is 4.90 Å². The number of hydrogen-bond acceptors (Lipinski definition) is 4. The summed E-state index contributed by atoms with van der Waals surface area (Å²) >= 11 is 0. The highest BCUT2D eigenvalue weighted by Gasteiger charge is 2.37. The average molecular weight is 436 g/mol. The summed E-state index contributed by atoms with van der Waals surface area (Å²) in [6, 6.07) is 13.8. The summed E-state index contributed by atoms with van der Waals surface area (Å²) in [5.41, 5.74) is 3.17. The zero-order valence-electron chi connectivity index (χ0n) is 18.3. The van der Waals surface area contributed by atoms with E-state index in [1.165, 1.54) is 17.0 Å². The predicted octanol–water partition coefficient (Wildman–Crippen LogP) is 5.29. The number of amides is 2. The van der Waals surface area contributed by atoms with E-state index in [1.54, 1.807) is 18.2 Å². The molecule has 0 aliphatic carbocycles. The van der Waals surface area contributed by atoms with Crippen LogP contribution in [0.2, 0.25) is 0 Å². The monoisotopic (exact) mass is 435 g/mol. The molecule has 0 saturated carbocycles. The highest BCUT2D eigenvalue weighted by Crippen LogP contribution is 2.41. The minimum Gasteiger partial charge on any atom is -0.268 e. The lowest BCUT2D eigenvalue weighted by Crippen LogP contribution is -2.41. The van der Waals surface area contributed by atoms with Crippen molar-refractivity contribution in [1.82, 2.24) is 0 Å². The highest BCUT2D eigenvalue weighted by molar-refractivity contribution is 7.91.